The topological polar surface area (TPSA) is 250 Å². The first-order chi connectivity index (χ1) is 19.5. The molecular formula is C18H12Cl4N10O6S4Zn. The van der Waals surface area contributed by atoms with Gasteiger partial charge in [0.15, 0.2) is 0 Å². The standard InChI is InChI=1S/2C9H7Cl2N5O3S2.Zn/c2*10-5-2-1-4(3-6(5)11)13-7(17)14-8-15-16-9(20-8)21(12,18)19;/h2*1-3H,(H4,12,13,14,15,17,18,19);/q;;+2/p-2. The SMILES string of the molecule is [NH-]S(=O)(=O)c1nnc(NC(=O)Nc2ccc(Cl)c(Cl)c2)s1.[NH-]S(=O)(=O)c1nnc(NC(=O)Nc2ccc(Cl)c(Cl)c2)s1.[Zn+2]. The van der Waals surface area contributed by atoms with E-state index >= 15 is 0 Å². The van der Waals surface area contributed by atoms with Crippen LogP contribution in [0, 0.1) is 0 Å². The van der Waals surface area contributed by atoms with Crippen LogP contribution in [0.3, 0.4) is 0 Å². The summed E-state index contributed by atoms with van der Waals surface area (Å²) < 4.78 is 42.6. The Kier molecular flexibility index (Phi) is 13.4. The molecule has 0 aliphatic rings. The van der Waals surface area contributed by atoms with Gasteiger partial charge in [0, 0.05) is 11.4 Å². The fourth-order valence-electron chi connectivity index (χ4n) is 2.40. The van der Waals surface area contributed by atoms with Gasteiger partial charge in [-0.25, -0.2) is 26.4 Å². The number of nitrogens with zero attached hydrogens (tertiary/aromatic N) is 4. The fraction of sp³-hybridized carbons (Fsp3) is 0. The van der Waals surface area contributed by atoms with Crippen molar-refractivity contribution in [2.75, 3.05) is 21.3 Å². The molecule has 0 atom stereocenters. The molecule has 16 nitrogen and oxygen atoms in total. The number of carbonyl (C=O) groups is 2. The maximum atomic E-state index is 11.7. The van der Waals surface area contributed by atoms with Crippen LogP contribution in [0.25, 0.3) is 10.3 Å². The maximum absolute atomic E-state index is 11.7. The Labute approximate surface area is 283 Å². The maximum Gasteiger partial charge on any atom is 2.00 e. The average Bonchev–Trinajstić information content (AvgIpc) is 3.54. The molecule has 0 bridgehead atoms. The summed E-state index contributed by atoms with van der Waals surface area (Å²) in [6.07, 6.45) is 0. The first kappa shape index (κ1) is 36.9. The van der Waals surface area contributed by atoms with Crippen molar-refractivity contribution >= 4 is 123 Å². The number of halogens is 4. The van der Waals surface area contributed by atoms with Crippen molar-refractivity contribution in [2.45, 2.75) is 8.68 Å². The number of nitrogens with one attached hydrogen (secondary N) is 6. The normalized spacial score (nSPS) is 10.9. The molecule has 43 heavy (non-hydrogen) atoms. The van der Waals surface area contributed by atoms with Crippen LogP contribution < -0.4 is 21.3 Å². The third-order valence-corrected chi connectivity index (χ3v) is 9.71. The van der Waals surface area contributed by atoms with Crippen molar-refractivity contribution < 1.29 is 45.9 Å². The van der Waals surface area contributed by atoms with Gasteiger partial charge in [-0.3, -0.25) is 10.6 Å². The number of urea groups is 2. The number of benzene rings is 2. The van der Waals surface area contributed by atoms with Crippen molar-refractivity contribution in [3.05, 3.63) is 66.8 Å². The summed E-state index contributed by atoms with van der Waals surface area (Å²) in [4.78, 5) is 23.4. The van der Waals surface area contributed by atoms with Crippen LogP contribution >= 0.6 is 69.1 Å². The minimum absolute atomic E-state index is 0. The van der Waals surface area contributed by atoms with Crippen molar-refractivity contribution in [2.24, 2.45) is 0 Å². The molecule has 4 rings (SSSR count). The molecule has 4 amide bonds. The van der Waals surface area contributed by atoms with E-state index in [1.807, 2.05) is 0 Å². The van der Waals surface area contributed by atoms with Crippen LogP contribution in [0.1, 0.15) is 0 Å². The molecule has 0 saturated carbocycles. The van der Waals surface area contributed by atoms with Gasteiger partial charge >= 0.3 is 31.5 Å². The largest absolute Gasteiger partial charge is 2.00 e. The Hall–Kier alpha value is -2.30. The van der Waals surface area contributed by atoms with E-state index in [4.69, 9.17) is 56.7 Å². The second kappa shape index (κ2) is 15.6. The molecule has 2 aromatic heterocycles. The molecule has 6 N–H and O–H groups in total. The molecule has 0 saturated heterocycles. The molecule has 0 fully saturated rings. The van der Waals surface area contributed by atoms with Crippen LogP contribution in [0.5, 0.6) is 0 Å². The van der Waals surface area contributed by atoms with Crippen LogP contribution in [0.4, 0.5) is 31.2 Å². The van der Waals surface area contributed by atoms with Gasteiger partial charge in [-0.1, -0.05) is 69.1 Å². The first-order valence-corrected chi connectivity index (χ1v) is 16.3. The predicted molar refractivity (Wildman–Crippen MR) is 161 cm³/mol. The monoisotopic (exact) mass is 796 g/mol. The quantitative estimate of drug-likeness (QED) is 0.122. The van der Waals surface area contributed by atoms with Gasteiger partial charge < -0.3 is 20.9 Å². The number of hydrogen-bond acceptors (Lipinski definition) is 12. The van der Waals surface area contributed by atoms with Crippen LogP contribution in [0.15, 0.2) is 45.1 Å². The van der Waals surface area contributed by atoms with Crippen LogP contribution in [-0.4, -0.2) is 49.3 Å². The van der Waals surface area contributed by atoms with E-state index in [-0.39, 0.29) is 39.8 Å². The van der Waals surface area contributed by atoms with Crippen molar-refractivity contribution in [1.29, 1.82) is 0 Å². The molecule has 2 aromatic carbocycles. The fourth-order valence-corrected chi connectivity index (χ4v) is 5.59. The zero-order valence-corrected chi connectivity index (χ0v) is 29.8. The third-order valence-electron chi connectivity index (χ3n) is 4.07. The van der Waals surface area contributed by atoms with Gasteiger partial charge in [-0.2, -0.15) is 0 Å². The second-order valence-corrected chi connectivity index (χ2v) is 14.1. The number of aromatic nitrogens is 4. The number of rotatable bonds is 6. The number of anilines is 4. The van der Waals surface area contributed by atoms with E-state index in [1.54, 1.807) is 0 Å². The van der Waals surface area contributed by atoms with Crippen molar-refractivity contribution in [1.82, 2.24) is 20.4 Å². The Morgan fingerprint density at radius 3 is 1.23 bits per heavy atom. The molecule has 25 heteroatoms. The molecule has 0 aliphatic heterocycles. The summed E-state index contributed by atoms with van der Waals surface area (Å²) in [6.45, 7) is 0. The molecule has 0 unspecified atom stereocenters. The van der Waals surface area contributed by atoms with Gasteiger partial charge in [0.2, 0.25) is 18.9 Å². The summed E-state index contributed by atoms with van der Waals surface area (Å²) in [7, 11) is -8.39. The molecule has 0 spiro atoms. The smallest absolute Gasteiger partial charge is 0.558 e. The van der Waals surface area contributed by atoms with Crippen molar-refractivity contribution in [3.63, 3.8) is 0 Å². The second-order valence-electron chi connectivity index (χ2n) is 7.17. The Balaban J connectivity index is 0.000000293. The molecule has 4 aromatic rings. The summed E-state index contributed by atoms with van der Waals surface area (Å²) in [5.74, 6) is 0. The van der Waals surface area contributed by atoms with Crippen molar-refractivity contribution in [3.8, 4) is 0 Å². The van der Waals surface area contributed by atoms with E-state index in [0.29, 0.717) is 44.1 Å². The Morgan fingerprint density at radius 2 is 0.953 bits per heavy atom. The number of hydrogen-bond donors (Lipinski definition) is 4. The van der Waals surface area contributed by atoms with Crippen LogP contribution in [0.2, 0.25) is 20.1 Å². The molecule has 224 valence electrons. The van der Waals surface area contributed by atoms with Crippen LogP contribution in [-0.2, 0) is 39.5 Å². The molecular weight excluding hydrogens is 788 g/mol. The molecule has 2 heterocycles. The van der Waals surface area contributed by atoms with Gasteiger partial charge in [0.05, 0.1) is 20.1 Å². The molecule has 0 radical (unpaired) electrons. The summed E-state index contributed by atoms with van der Waals surface area (Å²) in [6, 6.07) is 7.65. The van der Waals surface area contributed by atoms with E-state index < -0.39 is 40.8 Å². The van der Waals surface area contributed by atoms with E-state index in [1.165, 1.54) is 36.4 Å². The van der Waals surface area contributed by atoms with Gasteiger partial charge in [0.25, 0.3) is 0 Å². The first-order valence-electron chi connectivity index (χ1n) is 10.2. The number of carbonyl (C=O) groups excluding carboxylic acids is 2. The van der Waals surface area contributed by atoms with Gasteiger partial charge in [-0.05, 0) is 36.4 Å². The number of amides is 4. The van der Waals surface area contributed by atoms with E-state index in [2.05, 4.69) is 41.7 Å². The van der Waals surface area contributed by atoms with Gasteiger partial charge in [0.1, 0.15) is 20.0 Å². The summed E-state index contributed by atoms with van der Waals surface area (Å²) in [5, 5.41) is 37.7. The third kappa shape index (κ3) is 11.6. The zero-order valence-electron chi connectivity index (χ0n) is 20.6. The van der Waals surface area contributed by atoms with Gasteiger partial charge in [-0.15, -0.1) is 20.4 Å². The zero-order chi connectivity index (χ0) is 31.2. The summed E-state index contributed by atoms with van der Waals surface area (Å²) in [5.41, 5.74) is 0.777. The average molecular weight is 800 g/mol. The predicted octanol–water partition coefficient (Wildman–Crippen LogP) is 6.46. The van der Waals surface area contributed by atoms with E-state index in [9.17, 15) is 26.4 Å². The number of sulfonamides is 2. The van der Waals surface area contributed by atoms with E-state index in [0.717, 1.165) is 0 Å². The molecule has 0 aliphatic carbocycles. The Bertz CT molecular complexity index is 1730. The Morgan fingerprint density at radius 1 is 0.605 bits per heavy atom. The summed E-state index contributed by atoms with van der Waals surface area (Å²) >= 11 is 24.2. The minimum atomic E-state index is -4.20. The minimum Gasteiger partial charge on any atom is -0.558 e.